The van der Waals surface area contributed by atoms with Crippen molar-refractivity contribution in [1.82, 2.24) is 0 Å². The maximum Gasteiger partial charge on any atom is 0.0692 e. The lowest BCUT2D eigenvalue weighted by molar-refractivity contribution is 0.0535. The van der Waals surface area contributed by atoms with Gasteiger partial charge in [-0.1, -0.05) is 54.4 Å². The molecule has 0 N–H and O–H groups in total. The van der Waals surface area contributed by atoms with Crippen LogP contribution in [0.1, 0.15) is 80.6 Å². The van der Waals surface area contributed by atoms with Crippen LogP contribution in [0.25, 0.3) is 0 Å². The molecule has 0 heterocycles. The Hall–Kier alpha value is -0.510. The summed E-state index contributed by atoms with van der Waals surface area (Å²) in [5.41, 5.74) is 0.223. The third-order valence-electron chi connectivity index (χ3n) is 5.63. The molecule has 1 atom stereocenters. The fourth-order valence-corrected chi connectivity index (χ4v) is 2.77. The minimum atomic E-state index is -0.211. The Balaban J connectivity index is 5.25. The zero-order valence-electron chi connectivity index (χ0n) is 13.0. The monoisotopic (exact) mass is 237 g/mol. The van der Waals surface area contributed by atoms with E-state index < -0.39 is 0 Å². The molecule has 100 valence electrons. The summed E-state index contributed by atoms with van der Waals surface area (Å²) in [4.78, 5) is 0. The molecule has 1 unspecified atom stereocenters. The minimum Gasteiger partial charge on any atom is -0.198 e. The van der Waals surface area contributed by atoms with Gasteiger partial charge in [-0.15, -0.1) is 0 Å². The number of nitriles is 1. The maximum atomic E-state index is 9.69. The van der Waals surface area contributed by atoms with E-state index in [1.807, 2.05) is 0 Å². The van der Waals surface area contributed by atoms with Crippen LogP contribution >= 0.6 is 0 Å². The van der Waals surface area contributed by atoms with E-state index >= 15 is 0 Å². The van der Waals surface area contributed by atoms with Crippen molar-refractivity contribution in [2.45, 2.75) is 80.6 Å². The molecule has 1 heteroatoms. The van der Waals surface area contributed by atoms with Gasteiger partial charge in [0.2, 0.25) is 0 Å². The van der Waals surface area contributed by atoms with Crippen LogP contribution in [0.15, 0.2) is 0 Å². The van der Waals surface area contributed by atoms with E-state index in [2.05, 4.69) is 54.5 Å². The maximum absolute atomic E-state index is 9.69. The van der Waals surface area contributed by atoms with Crippen LogP contribution in [-0.2, 0) is 0 Å². The van der Waals surface area contributed by atoms with E-state index in [-0.39, 0.29) is 10.8 Å². The lowest BCUT2D eigenvalue weighted by Gasteiger charge is -2.45. The van der Waals surface area contributed by atoms with Gasteiger partial charge in [0.1, 0.15) is 0 Å². The molecule has 0 radical (unpaired) electrons. The van der Waals surface area contributed by atoms with Crippen molar-refractivity contribution in [2.24, 2.45) is 16.2 Å². The van der Waals surface area contributed by atoms with Gasteiger partial charge < -0.3 is 0 Å². The molecule has 0 amide bonds. The van der Waals surface area contributed by atoms with Gasteiger partial charge in [-0.3, -0.25) is 0 Å². The van der Waals surface area contributed by atoms with Gasteiger partial charge in [0.05, 0.1) is 11.5 Å². The van der Waals surface area contributed by atoms with Crippen molar-refractivity contribution >= 4 is 0 Å². The first kappa shape index (κ1) is 16.5. The molecular formula is C16H31N. The Labute approximate surface area is 109 Å². The Morgan fingerprint density at radius 2 is 1.24 bits per heavy atom. The van der Waals surface area contributed by atoms with Crippen LogP contribution in [0.5, 0.6) is 0 Å². The molecule has 0 aliphatic heterocycles. The van der Waals surface area contributed by atoms with E-state index in [0.29, 0.717) is 5.41 Å². The van der Waals surface area contributed by atoms with Crippen molar-refractivity contribution in [1.29, 1.82) is 5.26 Å². The molecule has 0 aromatic carbocycles. The van der Waals surface area contributed by atoms with Gasteiger partial charge in [0.25, 0.3) is 0 Å². The smallest absolute Gasteiger partial charge is 0.0692 e. The fraction of sp³-hybridized carbons (Fsp3) is 0.938. The van der Waals surface area contributed by atoms with E-state index in [9.17, 15) is 5.26 Å². The van der Waals surface area contributed by atoms with Crippen LogP contribution in [0.3, 0.4) is 0 Å². The fourth-order valence-electron chi connectivity index (χ4n) is 2.77. The number of hydrogen-bond acceptors (Lipinski definition) is 1. The zero-order valence-corrected chi connectivity index (χ0v) is 13.0. The number of rotatable bonds is 7. The molecule has 1 nitrogen and oxygen atoms in total. The van der Waals surface area contributed by atoms with E-state index in [1.165, 1.54) is 0 Å². The topological polar surface area (TPSA) is 23.8 Å². The SMILES string of the molecule is CCC(C)(CC)CC(C)(C#N)C(C)(CC)CC. The average Bonchev–Trinajstić information content (AvgIpc) is 2.37. The van der Waals surface area contributed by atoms with Crippen molar-refractivity contribution in [2.75, 3.05) is 0 Å². The predicted molar refractivity (Wildman–Crippen MR) is 75.7 cm³/mol. The van der Waals surface area contributed by atoms with Crippen molar-refractivity contribution < 1.29 is 0 Å². The molecule has 0 bridgehead atoms. The second-order valence-corrected chi connectivity index (χ2v) is 6.41. The Morgan fingerprint density at radius 3 is 1.47 bits per heavy atom. The van der Waals surface area contributed by atoms with Gasteiger partial charge in [-0.2, -0.15) is 5.26 Å². The first-order chi connectivity index (χ1) is 7.76. The van der Waals surface area contributed by atoms with Gasteiger partial charge in [0.15, 0.2) is 0 Å². The highest BCUT2D eigenvalue weighted by atomic mass is 14.5. The Bertz CT molecular complexity index is 266. The highest BCUT2D eigenvalue weighted by Gasteiger charge is 2.45. The van der Waals surface area contributed by atoms with Crippen LogP contribution in [0.2, 0.25) is 0 Å². The average molecular weight is 237 g/mol. The molecule has 0 saturated carbocycles. The van der Waals surface area contributed by atoms with Crippen LogP contribution in [-0.4, -0.2) is 0 Å². The molecule has 17 heavy (non-hydrogen) atoms. The first-order valence-corrected chi connectivity index (χ1v) is 7.17. The lowest BCUT2D eigenvalue weighted by atomic mass is 9.57. The van der Waals surface area contributed by atoms with Gasteiger partial charge in [-0.05, 0) is 37.0 Å². The molecular weight excluding hydrogens is 206 g/mol. The molecule has 0 saturated heterocycles. The van der Waals surface area contributed by atoms with Gasteiger partial charge in [0, 0.05) is 0 Å². The Morgan fingerprint density at radius 1 is 0.824 bits per heavy atom. The van der Waals surface area contributed by atoms with E-state index in [1.54, 1.807) is 0 Å². The summed E-state index contributed by atoms with van der Waals surface area (Å²) < 4.78 is 0. The Kier molecular flexibility index (Phi) is 5.72. The molecule has 0 aliphatic rings. The molecule has 0 fully saturated rings. The van der Waals surface area contributed by atoms with Crippen molar-refractivity contribution in [3.8, 4) is 6.07 Å². The van der Waals surface area contributed by atoms with Crippen LogP contribution in [0.4, 0.5) is 0 Å². The first-order valence-electron chi connectivity index (χ1n) is 7.17. The minimum absolute atomic E-state index is 0.132. The second-order valence-electron chi connectivity index (χ2n) is 6.41. The summed E-state index contributed by atoms with van der Waals surface area (Å²) >= 11 is 0. The largest absolute Gasteiger partial charge is 0.198 e. The summed E-state index contributed by atoms with van der Waals surface area (Å²) in [6.07, 6.45) is 5.49. The predicted octanol–water partition coefficient (Wildman–Crippen LogP) is 5.56. The van der Waals surface area contributed by atoms with Crippen LogP contribution in [0, 0.1) is 27.6 Å². The summed E-state index contributed by atoms with van der Waals surface area (Å²) in [6, 6.07) is 2.65. The summed E-state index contributed by atoms with van der Waals surface area (Å²) in [7, 11) is 0. The number of nitrogens with zero attached hydrogens (tertiary/aromatic N) is 1. The third kappa shape index (κ3) is 3.24. The highest BCUT2D eigenvalue weighted by molar-refractivity contribution is 5.07. The van der Waals surface area contributed by atoms with Gasteiger partial charge >= 0.3 is 0 Å². The summed E-state index contributed by atoms with van der Waals surface area (Å²) in [6.45, 7) is 15.7. The highest BCUT2D eigenvalue weighted by Crippen LogP contribution is 2.52. The molecule has 0 aromatic rings. The molecule has 0 aliphatic carbocycles. The van der Waals surface area contributed by atoms with E-state index in [4.69, 9.17) is 0 Å². The zero-order chi connectivity index (χ0) is 13.7. The number of hydrogen-bond donors (Lipinski definition) is 0. The lowest BCUT2D eigenvalue weighted by Crippen LogP contribution is -2.39. The molecule has 0 spiro atoms. The normalized spacial score (nSPS) is 16.4. The molecule has 0 aromatic heterocycles. The van der Waals surface area contributed by atoms with E-state index in [0.717, 1.165) is 32.1 Å². The van der Waals surface area contributed by atoms with Crippen molar-refractivity contribution in [3.63, 3.8) is 0 Å². The second kappa shape index (κ2) is 5.89. The standard InChI is InChI=1S/C16H31N/c1-8-14(5,9-2)12-16(7,13-17)15(6,10-3)11-4/h8-12H2,1-7H3. The quantitative estimate of drug-likeness (QED) is 0.568. The third-order valence-corrected chi connectivity index (χ3v) is 5.63. The van der Waals surface area contributed by atoms with Crippen molar-refractivity contribution in [3.05, 3.63) is 0 Å². The van der Waals surface area contributed by atoms with Crippen LogP contribution < -0.4 is 0 Å². The summed E-state index contributed by atoms with van der Waals surface area (Å²) in [5.74, 6) is 0. The summed E-state index contributed by atoms with van der Waals surface area (Å²) in [5, 5.41) is 9.69. The molecule has 0 rings (SSSR count). The van der Waals surface area contributed by atoms with Gasteiger partial charge in [-0.25, -0.2) is 0 Å².